The summed E-state index contributed by atoms with van der Waals surface area (Å²) in [5.74, 6) is 7.67. The molecule has 96 valence electrons. The van der Waals surface area contributed by atoms with Crippen molar-refractivity contribution < 1.29 is 17.3 Å². The third kappa shape index (κ3) is 5.15. The van der Waals surface area contributed by atoms with Gasteiger partial charge < -0.3 is 17.3 Å². The second-order valence-electron chi connectivity index (χ2n) is 5.41. The highest BCUT2D eigenvalue weighted by Gasteiger charge is 2.18. The van der Waals surface area contributed by atoms with Crippen LogP contribution in [0.4, 0.5) is 0 Å². The Kier molecular flexibility index (Phi) is 6.70. The quantitative estimate of drug-likeness (QED) is 0.561. The second-order valence-corrected chi connectivity index (χ2v) is 5.41. The summed E-state index contributed by atoms with van der Waals surface area (Å²) in [7, 11) is 0. The number of nitrogens with one attached hydrogen (secondary N) is 1. The van der Waals surface area contributed by atoms with Crippen LogP contribution in [0.3, 0.4) is 0 Å². The fourth-order valence-electron chi connectivity index (χ4n) is 2.79. The van der Waals surface area contributed by atoms with Crippen LogP contribution in [0, 0.1) is 17.8 Å². The van der Waals surface area contributed by atoms with E-state index in [2.05, 4.69) is 24.8 Å². The van der Waals surface area contributed by atoms with Crippen molar-refractivity contribution in [3.05, 3.63) is 11.6 Å². The Morgan fingerprint density at radius 2 is 2.24 bits per heavy atom. The standard InChI is InChI=1S/C15H23N.ClH/c1-14-7-5-11-16(13-14)12-6-10-15-8-3-2-4-9-15;/h8,14H,2-5,7,9,11-13H2,1H3;1H. The summed E-state index contributed by atoms with van der Waals surface area (Å²) >= 11 is 0. The largest absolute Gasteiger partial charge is 1.00 e. The Balaban J connectivity index is 0.00000144. The van der Waals surface area contributed by atoms with Gasteiger partial charge in [-0.3, -0.25) is 0 Å². The summed E-state index contributed by atoms with van der Waals surface area (Å²) < 4.78 is 0. The van der Waals surface area contributed by atoms with Crippen molar-refractivity contribution in [1.82, 2.24) is 0 Å². The summed E-state index contributed by atoms with van der Waals surface area (Å²) in [6, 6.07) is 0. The van der Waals surface area contributed by atoms with E-state index in [0.717, 1.165) is 12.5 Å². The van der Waals surface area contributed by atoms with Gasteiger partial charge in [-0.25, -0.2) is 0 Å². The lowest BCUT2D eigenvalue weighted by Gasteiger charge is -2.26. The molecule has 2 rings (SSSR count). The highest BCUT2D eigenvalue weighted by atomic mass is 35.5. The van der Waals surface area contributed by atoms with Gasteiger partial charge in [0.2, 0.25) is 0 Å². The SMILES string of the molecule is CC1CCC[NH+](CC#CC2=CCCCC2)C1.[Cl-]. The van der Waals surface area contributed by atoms with Gasteiger partial charge in [-0.15, -0.1) is 0 Å². The Hall–Kier alpha value is -0.450. The fourth-order valence-corrected chi connectivity index (χ4v) is 2.79. The number of hydrogen-bond acceptors (Lipinski definition) is 0. The average molecular weight is 254 g/mol. The van der Waals surface area contributed by atoms with Crippen molar-refractivity contribution in [3.8, 4) is 11.8 Å². The van der Waals surface area contributed by atoms with E-state index in [0.29, 0.717) is 0 Å². The van der Waals surface area contributed by atoms with Gasteiger partial charge in [-0.1, -0.05) is 18.9 Å². The molecule has 1 aliphatic heterocycles. The van der Waals surface area contributed by atoms with E-state index < -0.39 is 0 Å². The van der Waals surface area contributed by atoms with Crippen molar-refractivity contribution in [2.75, 3.05) is 19.6 Å². The molecule has 2 aliphatic rings. The smallest absolute Gasteiger partial charge is 0.139 e. The normalized spacial score (nSPS) is 28.4. The van der Waals surface area contributed by atoms with Crippen LogP contribution >= 0.6 is 0 Å². The molecule has 1 aliphatic carbocycles. The van der Waals surface area contributed by atoms with Crippen LogP contribution < -0.4 is 17.3 Å². The van der Waals surface area contributed by atoms with Crippen molar-refractivity contribution in [1.29, 1.82) is 0 Å². The molecule has 0 aromatic carbocycles. The third-order valence-corrected chi connectivity index (χ3v) is 3.74. The Labute approximate surface area is 112 Å². The summed E-state index contributed by atoms with van der Waals surface area (Å²) in [4.78, 5) is 1.70. The average Bonchev–Trinajstić information content (AvgIpc) is 2.30. The van der Waals surface area contributed by atoms with Crippen LogP contribution in [0.1, 0.15) is 45.4 Å². The monoisotopic (exact) mass is 253 g/mol. The predicted octanol–water partition coefficient (Wildman–Crippen LogP) is -1.19. The lowest BCUT2D eigenvalue weighted by atomic mass is 9.99. The van der Waals surface area contributed by atoms with E-state index in [9.17, 15) is 0 Å². The van der Waals surface area contributed by atoms with Gasteiger partial charge in [0.15, 0.2) is 0 Å². The van der Waals surface area contributed by atoms with Gasteiger partial charge in [0.1, 0.15) is 6.54 Å². The van der Waals surface area contributed by atoms with Crippen molar-refractivity contribution in [3.63, 3.8) is 0 Å². The van der Waals surface area contributed by atoms with E-state index >= 15 is 0 Å². The van der Waals surface area contributed by atoms with Crippen molar-refractivity contribution in [2.45, 2.75) is 45.4 Å². The molecule has 1 N–H and O–H groups in total. The maximum absolute atomic E-state index is 3.39. The van der Waals surface area contributed by atoms with Crippen LogP contribution in [0.2, 0.25) is 0 Å². The van der Waals surface area contributed by atoms with Crippen LogP contribution in [-0.2, 0) is 0 Å². The molecular weight excluding hydrogens is 230 g/mol. The lowest BCUT2D eigenvalue weighted by molar-refractivity contribution is -0.901. The maximum atomic E-state index is 3.39. The summed E-state index contributed by atoms with van der Waals surface area (Å²) in [6.07, 6.45) is 10.3. The van der Waals surface area contributed by atoms with Gasteiger partial charge in [0.25, 0.3) is 0 Å². The number of piperidine rings is 1. The molecular formula is C15H24ClN. The van der Waals surface area contributed by atoms with Crippen LogP contribution in [-0.4, -0.2) is 19.6 Å². The minimum Gasteiger partial charge on any atom is -1.00 e. The number of likely N-dealkylation sites (tertiary alicyclic amines) is 1. The molecule has 0 aromatic heterocycles. The summed E-state index contributed by atoms with van der Waals surface area (Å²) in [6.45, 7) is 6.09. The second kappa shape index (κ2) is 7.80. The van der Waals surface area contributed by atoms with E-state index in [4.69, 9.17) is 0 Å². The molecule has 0 bridgehead atoms. The van der Waals surface area contributed by atoms with Crippen LogP contribution in [0.15, 0.2) is 11.6 Å². The fraction of sp³-hybridized carbons (Fsp3) is 0.733. The molecule has 1 heterocycles. The molecule has 1 saturated heterocycles. The van der Waals surface area contributed by atoms with Crippen molar-refractivity contribution >= 4 is 0 Å². The van der Waals surface area contributed by atoms with E-state index in [1.165, 1.54) is 57.2 Å². The third-order valence-electron chi connectivity index (χ3n) is 3.74. The molecule has 0 amide bonds. The van der Waals surface area contributed by atoms with E-state index in [-0.39, 0.29) is 12.4 Å². The molecule has 0 spiro atoms. The molecule has 1 fully saturated rings. The molecule has 2 unspecified atom stereocenters. The van der Waals surface area contributed by atoms with Gasteiger partial charge in [0, 0.05) is 5.92 Å². The van der Waals surface area contributed by atoms with Gasteiger partial charge in [0.05, 0.1) is 13.1 Å². The first-order valence-electron chi connectivity index (χ1n) is 6.86. The minimum atomic E-state index is 0. The Morgan fingerprint density at radius 3 is 2.94 bits per heavy atom. The first-order chi connectivity index (χ1) is 7.84. The Morgan fingerprint density at radius 1 is 1.35 bits per heavy atom. The molecule has 2 heteroatoms. The molecule has 2 atom stereocenters. The van der Waals surface area contributed by atoms with E-state index in [1.807, 2.05) is 0 Å². The number of quaternary nitrogens is 1. The molecule has 17 heavy (non-hydrogen) atoms. The zero-order valence-electron chi connectivity index (χ0n) is 10.9. The zero-order valence-corrected chi connectivity index (χ0v) is 11.7. The maximum Gasteiger partial charge on any atom is 0.139 e. The first kappa shape index (κ1) is 14.6. The van der Waals surface area contributed by atoms with Crippen molar-refractivity contribution in [2.24, 2.45) is 5.92 Å². The minimum absolute atomic E-state index is 0. The highest BCUT2D eigenvalue weighted by molar-refractivity contribution is 5.29. The number of halogens is 1. The van der Waals surface area contributed by atoms with Gasteiger partial charge in [-0.2, -0.15) is 0 Å². The van der Waals surface area contributed by atoms with Crippen LogP contribution in [0.25, 0.3) is 0 Å². The molecule has 0 radical (unpaired) electrons. The number of rotatable bonds is 1. The molecule has 1 nitrogen and oxygen atoms in total. The first-order valence-corrected chi connectivity index (χ1v) is 6.86. The molecule has 0 aromatic rings. The zero-order chi connectivity index (χ0) is 11.2. The van der Waals surface area contributed by atoms with E-state index in [1.54, 1.807) is 4.90 Å². The summed E-state index contributed by atoms with van der Waals surface area (Å²) in [5, 5.41) is 0. The topological polar surface area (TPSA) is 4.44 Å². The van der Waals surface area contributed by atoms with Gasteiger partial charge >= 0.3 is 0 Å². The number of allylic oxidation sites excluding steroid dienone is 2. The van der Waals surface area contributed by atoms with Crippen LogP contribution in [0.5, 0.6) is 0 Å². The Bertz CT molecular complexity index is 311. The lowest BCUT2D eigenvalue weighted by Crippen LogP contribution is -3.13. The highest BCUT2D eigenvalue weighted by Crippen LogP contribution is 2.15. The van der Waals surface area contributed by atoms with Gasteiger partial charge in [-0.05, 0) is 50.0 Å². The summed E-state index contributed by atoms with van der Waals surface area (Å²) in [5.41, 5.74) is 1.40. The predicted molar refractivity (Wildman–Crippen MR) is 68.3 cm³/mol. The molecule has 0 saturated carbocycles. The number of hydrogen-bond donors (Lipinski definition) is 1.